The minimum Gasteiger partial charge on any atom is -0.480 e. The average molecular weight is 531 g/mol. The van der Waals surface area contributed by atoms with Crippen LogP contribution in [0.1, 0.15) is 64.1 Å². The molecular formula is C26H41F3N4O4. The minimum atomic E-state index is -4.40. The molecule has 0 aromatic carbocycles. The number of hydrogen-bond acceptors (Lipinski definition) is 6. The van der Waals surface area contributed by atoms with Crippen LogP contribution in [0.4, 0.5) is 19.0 Å². The lowest BCUT2D eigenvalue weighted by Crippen LogP contribution is -2.44. The summed E-state index contributed by atoms with van der Waals surface area (Å²) in [6, 6.07) is 3.07. The molecule has 8 nitrogen and oxygen atoms in total. The summed E-state index contributed by atoms with van der Waals surface area (Å²) in [5.41, 5.74) is 1.93. The number of carboxylic acid groups (broad SMARTS) is 1. The molecule has 0 bridgehead atoms. The lowest BCUT2D eigenvalue weighted by molar-refractivity contribution is -0.174. The molecule has 1 atom stereocenters. The van der Waals surface area contributed by atoms with Gasteiger partial charge >= 0.3 is 12.1 Å². The van der Waals surface area contributed by atoms with Crippen LogP contribution >= 0.6 is 0 Å². The van der Waals surface area contributed by atoms with Crippen LogP contribution < -0.4 is 10.6 Å². The van der Waals surface area contributed by atoms with Crippen molar-refractivity contribution in [2.45, 2.75) is 77.9 Å². The molecular weight excluding hydrogens is 489 g/mol. The Balaban J connectivity index is 1.87. The smallest absolute Gasteiger partial charge is 0.411 e. The molecule has 210 valence electrons. The maximum atomic E-state index is 12.4. The number of aliphatic carboxylic acids is 1. The Hall–Kier alpha value is -2.40. The number of fused-ring (bicyclic) bond motifs is 1. The summed E-state index contributed by atoms with van der Waals surface area (Å²) in [5.74, 6) is -0.532. The van der Waals surface area contributed by atoms with Gasteiger partial charge in [-0.15, -0.1) is 0 Å². The number of nitrogens with zero attached hydrogens (tertiary/aromatic N) is 2. The first kappa shape index (κ1) is 30.8. The number of rotatable bonds is 15. The Bertz CT molecular complexity index is 874. The molecule has 1 aliphatic heterocycles. The Kier molecular flexibility index (Phi) is 12.1. The van der Waals surface area contributed by atoms with Crippen LogP contribution in [0.5, 0.6) is 0 Å². The van der Waals surface area contributed by atoms with E-state index in [1.165, 1.54) is 5.56 Å². The Morgan fingerprint density at radius 3 is 2.62 bits per heavy atom. The number of carboxylic acids is 1. The molecule has 0 aliphatic carbocycles. The SMILES string of the molecule is CC(C)(C)CC(=O)NC(CCN(CCCCc1ccc2c(n1)NCCC2)CCOCC(F)(F)F)C(=O)O. The highest BCUT2D eigenvalue weighted by atomic mass is 19.4. The van der Waals surface area contributed by atoms with E-state index < -0.39 is 24.8 Å². The second-order valence-corrected chi connectivity index (χ2v) is 10.8. The fourth-order valence-electron chi connectivity index (χ4n) is 4.16. The van der Waals surface area contributed by atoms with Crippen LogP contribution in [0.25, 0.3) is 0 Å². The molecule has 11 heteroatoms. The number of alkyl halides is 3. The van der Waals surface area contributed by atoms with Gasteiger partial charge in [-0.1, -0.05) is 26.8 Å². The van der Waals surface area contributed by atoms with E-state index in [2.05, 4.69) is 21.7 Å². The number of halogens is 3. The molecule has 0 radical (unpaired) electrons. The van der Waals surface area contributed by atoms with E-state index in [0.29, 0.717) is 13.1 Å². The van der Waals surface area contributed by atoms with Crippen LogP contribution in [0.15, 0.2) is 12.1 Å². The number of aromatic nitrogens is 1. The van der Waals surface area contributed by atoms with Crippen molar-refractivity contribution in [1.29, 1.82) is 0 Å². The van der Waals surface area contributed by atoms with Gasteiger partial charge in [0.05, 0.1) is 6.61 Å². The molecule has 2 heterocycles. The molecule has 0 saturated carbocycles. The summed E-state index contributed by atoms with van der Waals surface area (Å²) in [4.78, 5) is 30.5. The van der Waals surface area contributed by atoms with Crippen molar-refractivity contribution in [3.05, 3.63) is 23.4 Å². The number of aryl methyl sites for hydroxylation is 2. The number of pyridine rings is 1. The van der Waals surface area contributed by atoms with E-state index in [1.807, 2.05) is 31.7 Å². The predicted octanol–water partition coefficient (Wildman–Crippen LogP) is 4.04. The van der Waals surface area contributed by atoms with Crippen LogP contribution in [0.3, 0.4) is 0 Å². The predicted molar refractivity (Wildman–Crippen MR) is 136 cm³/mol. The minimum absolute atomic E-state index is 0.119. The maximum Gasteiger partial charge on any atom is 0.411 e. The van der Waals surface area contributed by atoms with Crippen molar-refractivity contribution in [3.63, 3.8) is 0 Å². The van der Waals surface area contributed by atoms with Gasteiger partial charge in [0.15, 0.2) is 0 Å². The van der Waals surface area contributed by atoms with Crippen LogP contribution in [-0.4, -0.2) is 78.5 Å². The Morgan fingerprint density at radius 2 is 1.95 bits per heavy atom. The number of carbonyl (C=O) groups excluding carboxylic acids is 1. The van der Waals surface area contributed by atoms with Gasteiger partial charge in [0.25, 0.3) is 0 Å². The van der Waals surface area contributed by atoms with Gasteiger partial charge in [-0.05, 0) is 62.1 Å². The third-order valence-electron chi connectivity index (χ3n) is 5.98. The van der Waals surface area contributed by atoms with Gasteiger partial charge in [-0.2, -0.15) is 13.2 Å². The number of ether oxygens (including phenoxy) is 1. The lowest BCUT2D eigenvalue weighted by atomic mass is 9.92. The molecule has 0 fully saturated rings. The Labute approximate surface area is 217 Å². The maximum absolute atomic E-state index is 12.4. The summed E-state index contributed by atoms with van der Waals surface area (Å²) in [7, 11) is 0. The monoisotopic (exact) mass is 530 g/mol. The molecule has 0 saturated heterocycles. The fraction of sp³-hybridized carbons (Fsp3) is 0.731. The molecule has 1 aromatic rings. The van der Waals surface area contributed by atoms with Gasteiger partial charge < -0.3 is 25.4 Å². The van der Waals surface area contributed by atoms with E-state index in [9.17, 15) is 27.9 Å². The number of carbonyl (C=O) groups is 2. The molecule has 0 spiro atoms. The molecule has 3 N–H and O–H groups in total. The second-order valence-electron chi connectivity index (χ2n) is 10.8. The highest BCUT2D eigenvalue weighted by molar-refractivity contribution is 5.83. The fourth-order valence-corrected chi connectivity index (χ4v) is 4.16. The van der Waals surface area contributed by atoms with Gasteiger partial charge in [0, 0.05) is 31.7 Å². The van der Waals surface area contributed by atoms with E-state index in [-0.39, 0.29) is 37.3 Å². The summed E-state index contributed by atoms with van der Waals surface area (Å²) in [6.45, 7) is 6.26. The van der Waals surface area contributed by atoms with Gasteiger partial charge in [-0.3, -0.25) is 4.79 Å². The van der Waals surface area contributed by atoms with Gasteiger partial charge in [0.2, 0.25) is 5.91 Å². The molecule has 1 aromatic heterocycles. The highest BCUT2D eigenvalue weighted by Crippen LogP contribution is 2.21. The van der Waals surface area contributed by atoms with E-state index in [4.69, 9.17) is 4.74 Å². The summed E-state index contributed by atoms with van der Waals surface area (Å²) in [5, 5.41) is 15.5. The molecule has 1 amide bonds. The first-order chi connectivity index (χ1) is 17.3. The summed E-state index contributed by atoms with van der Waals surface area (Å²) >= 11 is 0. The number of nitrogens with one attached hydrogen (secondary N) is 2. The third kappa shape index (κ3) is 13.1. The van der Waals surface area contributed by atoms with Crippen LogP contribution in [0, 0.1) is 5.41 Å². The van der Waals surface area contributed by atoms with Crippen molar-refractivity contribution in [1.82, 2.24) is 15.2 Å². The average Bonchev–Trinajstić information content (AvgIpc) is 2.79. The van der Waals surface area contributed by atoms with Crippen molar-refractivity contribution < 1.29 is 32.6 Å². The van der Waals surface area contributed by atoms with Crippen molar-refractivity contribution in [2.75, 3.05) is 44.7 Å². The van der Waals surface area contributed by atoms with Crippen LogP contribution in [0.2, 0.25) is 0 Å². The van der Waals surface area contributed by atoms with Crippen molar-refractivity contribution in [2.24, 2.45) is 5.41 Å². The quantitative estimate of drug-likeness (QED) is 0.294. The number of anilines is 1. The Morgan fingerprint density at radius 1 is 1.19 bits per heavy atom. The number of unbranched alkanes of at least 4 members (excludes halogenated alkanes) is 1. The molecule has 1 aliphatic rings. The molecule has 37 heavy (non-hydrogen) atoms. The zero-order valence-corrected chi connectivity index (χ0v) is 22.1. The van der Waals surface area contributed by atoms with Crippen LogP contribution in [-0.2, 0) is 27.2 Å². The topological polar surface area (TPSA) is 104 Å². The van der Waals surface area contributed by atoms with Crippen molar-refractivity contribution >= 4 is 17.7 Å². The van der Waals surface area contributed by atoms with Crippen molar-refractivity contribution in [3.8, 4) is 0 Å². The standard InChI is InChI=1S/C26H41F3N4O4/c1-25(2,3)17-22(34)32-21(24(35)36)11-14-33(15-16-37-18-26(27,28)29)13-5-4-8-20-10-9-19-7-6-12-30-23(19)31-20/h9-10,21H,4-8,11-18H2,1-3H3,(H,30,31)(H,32,34)(H,35,36). The summed E-state index contributed by atoms with van der Waals surface area (Å²) < 4.78 is 42.0. The zero-order chi connectivity index (χ0) is 27.5. The lowest BCUT2D eigenvalue weighted by Gasteiger charge is -2.25. The van der Waals surface area contributed by atoms with Gasteiger partial charge in [-0.25, -0.2) is 9.78 Å². The second kappa shape index (κ2) is 14.5. The molecule has 2 rings (SSSR count). The van der Waals surface area contributed by atoms with E-state index in [1.54, 1.807) is 0 Å². The van der Waals surface area contributed by atoms with E-state index in [0.717, 1.165) is 50.2 Å². The first-order valence-electron chi connectivity index (χ1n) is 12.9. The highest BCUT2D eigenvalue weighted by Gasteiger charge is 2.27. The summed E-state index contributed by atoms with van der Waals surface area (Å²) in [6.07, 6.45) is 0.423. The zero-order valence-electron chi connectivity index (χ0n) is 22.1. The van der Waals surface area contributed by atoms with E-state index >= 15 is 0 Å². The van der Waals surface area contributed by atoms with Gasteiger partial charge in [0.1, 0.15) is 18.5 Å². The third-order valence-corrected chi connectivity index (χ3v) is 5.98. The first-order valence-corrected chi connectivity index (χ1v) is 12.9. The normalized spacial score (nSPS) is 14.7. The number of hydrogen-bond donors (Lipinski definition) is 3. The largest absolute Gasteiger partial charge is 0.480 e. The number of amides is 1. The molecule has 1 unspecified atom stereocenters.